The Balaban J connectivity index is 1.88. The second kappa shape index (κ2) is 25.4. The summed E-state index contributed by atoms with van der Waals surface area (Å²) in [6, 6.07) is -0.618. The van der Waals surface area contributed by atoms with E-state index in [-0.39, 0.29) is 5.91 Å². The molecule has 4 atom stereocenters. The molecule has 0 aliphatic carbocycles. The van der Waals surface area contributed by atoms with Gasteiger partial charge in [-0.3, -0.25) is 4.79 Å². The van der Waals surface area contributed by atoms with Gasteiger partial charge < -0.3 is 20.2 Å². The third kappa shape index (κ3) is 19.6. The van der Waals surface area contributed by atoms with Gasteiger partial charge in [0, 0.05) is 13.0 Å². The van der Waals surface area contributed by atoms with Crippen LogP contribution >= 0.6 is 0 Å². The number of carboxylic acids is 1. The molecular formula is C35H67NO5. The molecule has 0 aromatic heterocycles. The molecule has 0 saturated carbocycles. The number of rotatable bonds is 27. The Morgan fingerprint density at radius 3 is 1.59 bits per heavy atom. The molecule has 0 radical (unpaired) electrons. The molecule has 0 bridgehead atoms. The van der Waals surface area contributed by atoms with Crippen molar-refractivity contribution in [1.82, 2.24) is 4.90 Å². The predicted octanol–water partition coefficient (Wildman–Crippen LogP) is 8.80. The minimum atomic E-state index is -0.864. The number of carbonyl (C=O) groups excluding carboxylic acids is 1. The van der Waals surface area contributed by atoms with Crippen LogP contribution in [0.5, 0.6) is 0 Å². The molecule has 0 aromatic rings. The highest BCUT2D eigenvalue weighted by molar-refractivity contribution is 5.83. The summed E-state index contributed by atoms with van der Waals surface area (Å²) in [5.41, 5.74) is 0. The number of unbranched alkanes of at least 4 members (excludes halogenated alkanes) is 15. The molecule has 41 heavy (non-hydrogen) atoms. The zero-order valence-electron chi connectivity index (χ0n) is 27.0. The van der Waals surface area contributed by atoms with E-state index in [1.807, 2.05) is 0 Å². The molecule has 0 spiro atoms. The van der Waals surface area contributed by atoms with Crippen molar-refractivity contribution in [2.75, 3.05) is 6.54 Å². The van der Waals surface area contributed by atoms with Crippen LogP contribution in [0.4, 0.5) is 0 Å². The molecule has 1 heterocycles. The fraction of sp³-hybridized carbons (Fsp3) is 0.943. The minimum Gasteiger partial charge on any atom is -0.480 e. The summed E-state index contributed by atoms with van der Waals surface area (Å²) < 4.78 is 0. The molecule has 6 nitrogen and oxygen atoms in total. The zero-order chi connectivity index (χ0) is 30.1. The first-order valence-corrected chi connectivity index (χ1v) is 17.7. The number of hydrogen-bond acceptors (Lipinski definition) is 4. The van der Waals surface area contributed by atoms with Gasteiger partial charge in [0.1, 0.15) is 6.04 Å². The van der Waals surface area contributed by atoms with Gasteiger partial charge in [0.05, 0.1) is 12.2 Å². The van der Waals surface area contributed by atoms with Crippen LogP contribution in [0, 0.1) is 5.92 Å². The number of piperidine rings is 1. The monoisotopic (exact) mass is 582 g/mol. The lowest BCUT2D eigenvalue weighted by atomic mass is 9.95. The summed E-state index contributed by atoms with van der Waals surface area (Å²) in [7, 11) is 0. The molecule has 242 valence electrons. The predicted molar refractivity (Wildman–Crippen MR) is 170 cm³/mol. The van der Waals surface area contributed by atoms with E-state index in [1.165, 1.54) is 83.5 Å². The van der Waals surface area contributed by atoms with Crippen LogP contribution in [0.3, 0.4) is 0 Å². The Hall–Kier alpha value is -1.14. The highest BCUT2D eigenvalue weighted by Gasteiger charge is 2.31. The lowest BCUT2D eigenvalue weighted by Gasteiger charge is -2.33. The number of carbonyl (C=O) groups is 2. The smallest absolute Gasteiger partial charge is 0.326 e. The number of hydrogen-bond donors (Lipinski definition) is 3. The summed E-state index contributed by atoms with van der Waals surface area (Å²) in [4.78, 5) is 25.4. The summed E-state index contributed by atoms with van der Waals surface area (Å²) in [6.45, 7) is 5.24. The highest BCUT2D eigenvalue weighted by atomic mass is 16.4. The molecule has 3 N–H and O–H groups in total. The van der Waals surface area contributed by atoms with Crippen molar-refractivity contribution in [1.29, 1.82) is 0 Å². The van der Waals surface area contributed by atoms with Crippen LogP contribution in [-0.4, -0.2) is 56.9 Å². The molecular weight excluding hydrogens is 514 g/mol. The lowest BCUT2D eigenvalue weighted by Crippen LogP contribution is -2.47. The van der Waals surface area contributed by atoms with E-state index < -0.39 is 24.2 Å². The Morgan fingerprint density at radius 1 is 0.659 bits per heavy atom. The van der Waals surface area contributed by atoms with E-state index in [0.717, 1.165) is 70.1 Å². The number of aliphatic hydroxyl groups excluding tert-OH is 2. The maximum atomic E-state index is 12.4. The van der Waals surface area contributed by atoms with Gasteiger partial charge in [-0.15, -0.1) is 0 Å². The van der Waals surface area contributed by atoms with Crippen LogP contribution in [0.1, 0.15) is 181 Å². The van der Waals surface area contributed by atoms with E-state index in [1.54, 1.807) is 4.90 Å². The van der Waals surface area contributed by atoms with Crippen molar-refractivity contribution in [2.45, 2.75) is 199 Å². The average molecular weight is 582 g/mol. The summed E-state index contributed by atoms with van der Waals surface area (Å²) >= 11 is 0. The highest BCUT2D eigenvalue weighted by Crippen LogP contribution is 2.21. The van der Waals surface area contributed by atoms with Gasteiger partial charge in [-0.05, 0) is 44.4 Å². The second-order valence-electron chi connectivity index (χ2n) is 13.1. The van der Waals surface area contributed by atoms with Crippen LogP contribution in [-0.2, 0) is 9.59 Å². The number of aliphatic carboxylic acids is 1. The SMILES string of the molecule is CCCCCC[C@H](C)CCCCCC[C@H](O)[C@H](O)CCCCCCCCCCCCC(=O)N1CCCC[C@@H]1C(=O)O. The summed E-state index contributed by atoms with van der Waals surface area (Å²) in [6.07, 6.45) is 27.2. The van der Waals surface area contributed by atoms with Crippen molar-refractivity contribution in [3.05, 3.63) is 0 Å². The Kier molecular flexibility index (Phi) is 23.4. The fourth-order valence-corrected chi connectivity index (χ4v) is 6.32. The van der Waals surface area contributed by atoms with E-state index in [9.17, 15) is 24.9 Å². The zero-order valence-corrected chi connectivity index (χ0v) is 27.0. The van der Waals surface area contributed by atoms with E-state index in [4.69, 9.17) is 0 Å². The van der Waals surface area contributed by atoms with Crippen LogP contribution in [0.2, 0.25) is 0 Å². The fourth-order valence-electron chi connectivity index (χ4n) is 6.32. The Morgan fingerprint density at radius 2 is 1.10 bits per heavy atom. The van der Waals surface area contributed by atoms with Crippen molar-refractivity contribution in [3.8, 4) is 0 Å². The van der Waals surface area contributed by atoms with Crippen LogP contribution < -0.4 is 0 Å². The van der Waals surface area contributed by atoms with Gasteiger partial charge in [0.25, 0.3) is 0 Å². The van der Waals surface area contributed by atoms with Crippen molar-refractivity contribution in [3.63, 3.8) is 0 Å². The Bertz CT molecular complexity index is 642. The lowest BCUT2D eigenvalue weighted by molar-refractivity contribution is -0.152. The number of likely N-dealkylation sites (tertiary alicyclic amines) is 1. The van der Waals surface area contributed by atoms with Gasteiger partial charge in [-0.2, -0.15) is 0 Å². The van der Waals surface area contributed by atoms with Crippen molar-refractivity contribution >= 4 is 11.9 Å². The molecule has 1 rings (SSSR count). The second-order valence-corrected chi connectivity index (χ2v) is 13.1. The first kappa shape index (κ1) is 37.9. The quantitative estimate of drug-likeness (QED) is 0.0842. The molecule has 1 fully saturated rings. The van der Waals surface area contributed by atoms with E-state index in [0.29, 0.717) is 25.8 Å². The summed E-state index contributed by atoms with van der Waals surface area (Å²) in [5.74, 6) is -0.00969. The van der Waals surface area contributed by atoms with E-state index in [2.05, 4.69) is 13.8 Å². The van der Waals surface area contributed by atoms with Crippen LogP contribution in [0.25, 0.3) is 0 Å². The molecule has 6 heteroatoms. The first-order valence-electron chi connectivity index (χ1n) is 17.7. The average Bonchev–Trinajstić information content (AvgIpc) is 2.97. The maximum Gasteiger partial charge on any atom is 0.326 e. The number of nitrogens with zero attached hydrogens (tertiary/aromatic N) is 1. The molecule has 1 aliphatic heterocycles. The maximum absolute atomic E-state index is 12.4. The molecule has 0 unspecified atom stereocenters. The Labute approximate surface area is 253 Å². The standard InChI is InChI=1S/C35H67NO5/c1-3-4-5-16-23-30(2)24-17-14-15-19-27-33(38)32(37)26-18-12-10-8-6-7-9-11-13-20-28-34(39)36-29-22-21-25-31(36)35(40)41/h30-33,37-38H,3-29H2,1-2H3,(H,40,41)/t30-,31+,32+,33-/m0/s1. The minimum absolute atomic E-state index is 0.0125. The molecule has 1 saturated heterocycles. The van der Waals surface area contributed by atoms with Crippen LogP contribution in [0.15, 0.2) is 0 Å². The van der Waals surface area contributed by atoms with E-state index >= 15 is 0 Å². The molecule has 1 aliphatic rings. The normalized spacial score (nSPS) is 17.9. The van der Waals surface area contributed by atoms with Gasteiger partial charge >= 0.3 is 5.97 Å². The summed E-state index contributed by atoms with van der Waals surface area (Å²) in [5, 5.41) is 29.9. The molecule has 0 aromatic carbocycles. The molecule has 1 amide bonds. The van der Waals surface area contributed by atoms with Crippen molar-refractivity contribution < 1.29 is 24.9 Å². The number of amides is 1. The van der Waals surface area contributed by atoms with Gasteiger partial charge in [0.15, 0.2) is 0 Å². The number of aliphatic hydroxyl groups is 2. The first-order chi connectivity index (χ1) is 19.9. The largest absolute Gasteiger partial charge is 0.480 e. The number of carboxylic acid groups (broad SMARTS) is 1. The topological polar surface area (TPSA) is 98.1 Å². The van der Waals surface area contributed by atoms with Crippen molar-refractivity contribution in [2.24, 2.45) is 5.92 Å². The van der Waals surface area contributed by atoms with Gasteiger partial charge in [-0.1, -0.05) is 136 Å². The third-order valence-electron chi connectivity index (χ3n) is 9.19. The van der Waals surface area contributed by atoms with Gasteiger partial charge in [-0.25, -0.2) is 4.79 Å². The van der Waals surface area contributed by atoms with Gasteiger partial charge in [0.2, 0.25) is 5.91 Å². The third-order valence-corrected chi connectivity index (χ3v) is 9.19.